The zero-order valence-corrected chi connectivity index (χ0v) is 14.8. The predicted octanol–water partition coefficient (Wildman–Crippen LogP) is 5.14. The molecule has 2 aromatic rings. The molecule has 3 nitrogen and oxygen atoms in total. The minimum atomic E-state index is -0.440. The quantitative estimate of drug-likeness (QED) is 0.514. The first-order valence-corrected chi connectivity index (χ1v) is 8.00. The average Bonchev–Trinajstić information content (AvgIpc) is 2.44. The second kappa shape index (κ2) is 7.09. The number of ether oxygens (including phenoxy) is 2. The Kier molecular flexibility index (Phi) is 5.42. The van der Waals surface area contributed by atoms with Gasteiger partial charge in [-0.15, -0.1) is 0 Å². The third kappa shape index (κ3) is 4.08. The highest BCUT2D eigenvalue weighted by molar-refractivity contribution is 9.10. The van der Waals surface area contributed by atoms with Gasteiger partial charge in [-0.3, -0.25) is 0 Å². The van der Waals surface area contributed by atoms with Crippen molar-refractivity contribution in [3.63, 3.8) is 0 Å². The lowest BCUT2D eigenvalue weighted by Gasteiger charge is -2.11. The number of halogens is 2. The molecule has 0 atom stereocenters. The number of rotatable bonds is 4. The molecule has 0 saturated heterocycles. The predicted molar refractivity (Wildman–Crippen MR) is 89.1 cm³/mol. The van der Waals surface area contributed by atoms with Gasteiger partial charge >= 0.3 is 5.97 Å². The molecular weight excluding hydrogens is 400 g/mol. The van der Waals surface area contributed by atoms with E-state index < -0.39 is 5.97 Å². The lowest BCUT2D eigenvalue weighted by Crippen LogP contribution is -2.11. The fourth-order valence-corrected chi connectivity index (χ4v) is 2.66. The highest BCUT2D eigenvalue weighted by Crippen LogP contribution is 2.27. The van der Waals surface area contributed by atoms with E-state index in [1.54, 1.807) is 18.2 Å². The standard InChI is InChI=1S/C16H14Br2O3/c1-3-20-15-7-5-12(18)9-13(15)16(19)21-14-6-4-11(17)8-10(14)2/h4-9H,3H2,1-2H3. The first-order chi connectivity index (χ1) is 10.0. The Morgan fingerprint density at radius 3 is 2.29 bits per heavy atom. The van der Waals surface area contributed by atoms with Crippen LogP contribution in [0.15, 0.2) is 45.3 Å². The van der Waals surface area contributed by atoms with Gasteiger partial charge in [-0.2, -0.15) is 0 Å². The highest BCUT2D eigenvalue weighted by Gasteiger charge is 2.16. The van der Waals surface area contributed by atoms with Gasteiger partial charge in [-0.1, -0.05) is 31.9 Å². The van der Waals surface area contributed by atoms with Gasteiger partial charge in [0.15, 0.2) is 0 Å². The maximum atomic E-state index is 12.4. The summed E-state index contributed by atoms with van der Waals surface area (Å²) in [6, 6.07) is 10.8. The molecule has 110 valence electrons. The summed E-state index contributed by atoms with van der Waals surface area (Å²) >= 11 is 6.74. The maximum Gasteiger partial charge on any atom is 0.347 e. The molecule has 0 aliphatic rings. The number of esters is 1. The smallest absolute Gasteiger partial charge is 0.347 e. The molecule has 0 unspecified atom stereocenters. The van der Waals surface area contributed by atoms with Gasteiger partial charge in [0, 0.05) is 8.95 Å². The van der Waals surface area contributed by atoms with Gasteiger partial charge in [0.2, 0.25) is 0 Å². The van der Waals surface area contributed by atoms with Gasteiger partial charge < -0.3 is 9.47 Å². The fourth-order valence-electron chi connectivity index (χ4n) is 1.83. The Morgan fingerprint density at radius 1 is 1.05 bits per heavy atom. The van der Waals surface area contributed by atoms with Gasteiger partial charge in [0.05, 0.1) is 6.61 Å². The van der Waals surface area contributed by atoms with Crippen molar-refractivity contribution in [2.45, 2.75) is 13.8 Å². The van der Waals surface area contributed by atoms with Gasteiger partial charge in [-0.25, -0.2) is 4.79 Å². The largest absolute Gasteiger partial charge is 0.493 e. The van der Waals surface area contributed by atoms with Crippen LogP contribution in [0.2, 0.25) is 0 Å². The number of carbonyl (C=O) groups excluding carboxylic acids is 1. The minimum Gasteiger partial charge on any atom is -0.493 e. The van der Waals surface area contributed by atoms with Crippen LogP contribution in [0, 0.1) is 6.92 Å². The summed E-state index contributed by atoms with van der Waals surface area (Å²) < 4.78 is 12.7. The summed E-state index contributed by atoms with van der Waals surface area (Å²) in [6.45, 7) is 4.24. The second-order valence-corrected chi connectivity index (χ2v) is 6.20. The number of aryl methyl sites for hydroxylation is 1. The molecule has 21 heavy (non-hydrogen) atoms. The van der Waals surface area contributed by atoms with E-state index in [2.05, 4.69) is 31.9 Å². The van der Waals surface area contributed by atoms with Crippen LogP contribution in [0.5, 0.6) is 11.5 Å². The fraction of sp³-hybridized carbons (Fsp3) is 0.188. The zero-order valence-electron chi connectivity index (χ0n) is 11.7. The molecule has 0 amide bonds. The number of benzene rings is 2. The molecule has 0 saturated carbocycles. The minimum absolute atomic E-state index is 0.397. The summed E-state index contributed by atoms with van der Waals surface area (Å²) in [6.07, 6.45) is 0. The third-order valence-electron chi connectivity index (χ3n) is 2.80. The van der Waals surface area contributed by atoms with Gasteiger partial charge in [0.25, 0.3) is 0 Å². The average molecular weight is 414 g/mol. The van der Waals surface area contributed by atoms with Gasteiger partial charge in [0.1, 0.15) is 17.1 Å². The summed E-state index contributed by atoms with van der Waals surface area (Å²) in [5.74, 6) is 0.608. The Balaban J connectivity index is 2.29. The van der Waals surface area contributed by atoms with Crippen molar-refractivity contribution in [2.24, 2.45) is 0 Å². The highest BCUT2D eigenvalue weighted by atomic mass is 79.9. The van der Waals surface area contributed by atoms with Gasteiger partial charge in [-0.05, 0) is 55.8 Å². The van der Waals surface area contributed by atoms with Crippen molar-refractivity contribution >= 4 is 37.8 Å². The summed E-state index contributed by atoms with van der Waals surface area (Å²) in [5.41, 5.74) is 1.28. The van der Waals surface area contributed by atoms with Crippen molar-refractivity contribution in [3.05, 3.63) is 56.5 Å². The van der Waals surface area contributed by atoms with Crippen LogP contribution in [0.4, 0.5) is 0 Å². The summed E-state index contributed by atoms with van der Waals surface area (Å²) in [4.78, 5) is 12.4. The molecule has 0 heterocycles. The second-order valence-electron chi connectivity index (χ2n) is 4.37. The molecule has 0 fully saturated rings. The maximum absolute atomic E-state index is 12.4. The summed E-state index contributed by atoms with van der Waals surface area (Å²) in [5, 5.41) is 0. The van der Waals surface area contributed by atoms with E-state index in [0.29, 0.717) is 23.7 Å². The van der Waals surface area contributed by atoms with Crippen LogP contribution >= 0.6 is 31.9 Å². The first-order valence-electron chi connectivity index (χ1n) is 6.42. The molecular formula is C16H14Br2O3. The van der Waals surface area contributed by atoms with E-state index in [-0.39, 0.29) is 0 Å². The van der Waals surface area contributed by atoms with E-state index in [9.17, 15) is 4.79 Å². The monoisotopic (exact) mass is 412 g/mol. The molecule has 0 aliphatic heterocycles. The SMILES string of the molecule is CCOc1ccc(Br)cc1C(=O)Oc1ccc(Br)cc1C. The van der Waals surface area contributed by atoms with E-state index in [1.807, 2.05) is 32.0 Å². The van der Waals surface area contributed by atoms with Crippen LogP contribution in [0.1, 0.15) is 22.8 Å². The molecule has 0 aliphatic carbocycles. The summed E-state index contributed by atoms with van der Waals surface area (Å²) in [7, 11) is 0. The van der Waals surface area contributed by atoms with E-state index in [1.165, 1.54) is 0 Å². The molecule has 2 aromatic carbocycles. The molecule has 5 heteroatoms. The van der Waals surface area contributed by atoms with Crippen LogP contribution < -0.4 is 9.47 Å². The first kappa shape index (κ1) is 16.0. The molecule has 2 rings (SSSR count). The van der Waals surface area contributed by atoms with Crippen molar-refractivity contribution in [3.8, 4) is 11.5 Å². The van der Waals surface area contributed by atoms with Crippen LogP contribution in [-0.2, 0) is 0 Å². The molecule has 0 radical (unpaired) electrons. The normalized spacial score (nSPS) is 10.3. The van der Waals surface area contributed by atoms with E-state index in [0.717, 1.165) is 14.5 Å². The zero-order chi connectivity index (χ0) is 15.4. The number of hydrogen-bond donors (Lipinski definition) is 0. The third-order valence-corrected chi connectivity index (χ3v) is 3.79. The van der Waals surface area contributed by atoms with Crippen LogP contribution in [0.25, 0.3) is 0 Å². The molecule has 0 bridgehead atoms. The van der Waals surface area contributed by atoms with Crippen molar-refractivity contribution in [2.75, 3.05) is 6.61 Å². The Hall–Kier alpha value is -1.33. The lowest BCUT2D eigenvalue weighted by atomic mass is 10.2. The van der Waals surface area contributed by atoms with E-state index >= 15 is 0 Å². The Labute approximate surface area is 140 Å². The Morgan fingerprint density at radius 2 is 1.67 bits per heavy atom. The number of carbonyl (C=O) groups is 1. The van der Waals surface area contributed by atoms with Crippen LogP contribution in [0.3, 0.4) is 0 Å². The van der Waals surface area contributed by atoms with E-state index in [4.69, 9.17) is 9.47 Å². The molecule has 0 N–H and O–H groups in total. The lowest BCUT2D eigenvalue weighted by molar-refractivity contribution is 0.0729. The topological polar surface area (TPSA) is 35.5 Å². The Bertz CT molecular complexity index is 669. The number of hydrogen-bond acceptors (Lipinski definition) is 3. The van der Waals surface area contributed by atoms with Crippen molar-refractivity contribution in [1.29, 1.82) is 0 Å². The molecule has 0 aromatic heterocycles. The van der Waals surface area contributed by atoms with Crippen molar-refractivity contribution in [1.82, 2.24) is 0 Å². The van der Waals surface area contributed by atoms with Crippen molar-refractivity contribution < 1.29 is 14.3 Å². The molecule has 0 spiro atoms. The van der Waals surface area contributed by atoms with Crippen LogP contribution in [-0.4, -0.2) is 12.6 Å².